The number of hydrogen-bond acceptors (Lipinski definition) is 2. The van der Waals surface area contributed by atoms with Crippen molar-refractivity contribution in [2.24, 2.45) is 5.92 Å². The van der Waals surface area contributed by atoms with E-state index in [0.29, 0.717) is 0 Å². The molecule has 2 aliphatic rings. The maximum absolute atomic E-state index is 12.3. The molecule has 2 atom stereocenters. The number of nitrogens with one attached hydrogen (secondary N) is 1. The number of carbonyl (C=O) groups excluding carboxylic acids is 2. The summed E-state index contributed by atoms with van der Waals surface area (Å²) in [7, 11) is 0. The van der Waals surface area contributed by atoms with E-state index < -0.39 is 0 Å². The largest absolute Gasteiger partial charge is 0.343 e. The molecule has 4 heteroatoms. The van der Waals surface area contributed by atoms with E-state index in [0.717, 1.165) is 31.7 Å². The molecule has 0 bridgehead atoms. The lowest BCUT2D eigenvalue weighted by Gasteiger charge is -2.38. The van der Waals surface area contributed by atoms with Gasteiger partial charge in [-0.2, -0.15) is 0 Å². The van der Waals surface area contributed by atoms with E-state index in [1.807, 2.05) is 13.8 Å². The highest BCUT2D eigenvalue weighted by atomic mass is 16.2. The zero-order valence-corrected chi connectivity index (χ0v) is 11.4. The minimum Gasteiger partial charge on any atom is -0.343 e. The lowest BCUT2D eigenvalue weighted by atomic mass is 9.83. The van der Waals surface area contributed by atoms with Crippen LogP contribution in [0, 0.1) is 5.92 Å². The fourth-order valence-electron chi connectivity index (χ4n) is 2.78. The summed E-state index contributed by atoms with van der Waals surface area (Å²) in [6.07, 6.45) is 6.63. The third kappa shape index (κ3) is 2.68. The topological polar surface area (TPSA) is 49.4 Å². The van der Waals surface area contributed by atoms with Crippen molar-refractivity contribution < 1.29 is 9.59 Å². The van der Waals surface area contributed by atoms with E-state index >= 15 is 0 Å². The van der Waals surface area contributed by atoms with E-state index in [4.69, 9.17) is 0 Å². The van der Waals surface area contributed by atoms with Gasteiger partial charge < -0.3 is 10.2 Å². The Kier molecular flexibility index (Phi) is 4.25. The molecule has 2 rings (SSSR count). The first-order valence-electron chi connectivity index (χ1n) is 7.24. The van der Waals surface area contributed by atoms with E-state index in [9.17, 15) is 9.59 Å². The first-order valence-corrected chi connectivity index (χ1v) is 7.24. The van der Waals surface area contributed by atoms with Crippen molar-refractivity contribution in [3.05, 3.63) is 0 Å². The molecule has 2 fully saturated rings. The van der Waals surface area contributed by atoms with Gasteiger partial charge in [0.05, 0.1) is 0 Å². The third-order valence-corrected chi connectivity index (χ3v) is 4.32. The Bertz CT molecular complexity index is 326. The van der Waals surface area contributed by atoms with E-state index in [1.54, 1.807) is 4.90 Å². The summed E-state index contributed by atoms with van der Waals surface area (Å²) in [6, 6.07) is -0.592. The molecule has 1 aliphatic heterocycles. The van der Waals surface area contributed by atoms with Crippen LogP contribution in [0.15, 0.2) is 0 Å². The molecule has 1 aliphatic carbocycles. The summed E-state index contributed by atoms with van der Waals surface area (Å²) in [6.45, 7) is 4.62. The average molecular weight is 252 g/mol. The highest BCUT2D eigenvalue weighted by Gasteiger charge is 2.37. The molecule has 0 aromatic heterocycles. The zero-order valence-electron chi connectivity index (χ0n) is 11.4. The maximum atomic E-state index is 12.3. The molecule has 1 N–H and O–H groups in total. The van der Waals surface area contributed by atoms with E-state index in [1.165, 1.54) is 19.3 Å². The van der Waals surface area contributed by atoms with E-state index in [2.05, 4.69) is 5.32 Å². The predicted molar refractivity (Wildman–Crippen MR) is 70.0 cm³/mol. The number of carbonyl (C=O) groups is 2. The maximum Gasteiger partial charge on any atom is 0.245 e. The van der Waals surface area contributed by atoms with Gasteiger partial charge in [-0.3, -0.25) is 9.59 Å². The lowest BCUT2D eigenvalue weighted by molar-refractivity contribution is -0.149. The van der Waals surface area contributed by atoms with Crippen molar-refractivity contribution in [1.82, 2.24) is 10.2 Å². The summed E-state index contributed by atoms with van der Waals surface area (Å²) in [4.78, 5) is 25.9. The van der Waals surface area contributed by atoms with Crippen LogP contribution in [0.3, 0.4) is 0 Å². The number of rotatable bonds is 5. The Hall–Kier alpha value is -1.06. The molecule has 1 heterocycles. The Morgan fingerprint density at radius 2 is 2.00 bits per heavy atom. The van der Waals surface area contributed by atoms with Crippen molar-refractivity contribution in [2.45, 2.75) is 64.5 Å². The fraction of sp³-hybridized carbons (Fsp3) is 0.857. The normalized spacial score (nSPS) is 29.1. The van der Waals surface area contributed by atoms with Gasteiger partial charge >= 0.3 is 0 Å². The quantitative estimate of drug-likeness (QED) is 0.809. The Labute approximate surface area is 109 Å². The van der Waals surface area contributed by atoms with Gasteiger partial charge in [0, 0.05) is 6.54 Å². The van der Waals surface area contributed by atoms with Crippen LogP contribution in [0.2, 0.25) is 0 Å². The second-order valence-corrected chi connectivity index (χ2v) is 5.64. The molecule has 2 unspecified atom stereocenters. The third-order valence-electron chi connectivity index (χ3n) is 4.32. The number of amides is 2. The zero-order chi connectivity index (χ0) is 13.1. The van der Waals surface area contributed by atoms with Gasteiger partial charge in [-0.25, -0.2) is 0 Å². The van der Waals surface area contributed by atoms with Gasteiger partial charge in [0.25, 0.3) is 0 Å². The number of nitrogens with zero attached hydrogens (tertiary/aromatic N) is 1. The van der Waals surface area contributed by atoms with Crippen LogP contribution in [0.5, 0.6) is 0 Å². The summed E-state index contributed by atoms with van der Waals surface area (Å²) >= 11 is 0. The van der Waals surface area contributed by atoms with Gasteiger partial charge in [0.15, 0.2) is 0 Å². The fourth-order valence-corrected chi connectivity index (χ4v) is 2.78. The van der Waals surface area contributed by atoms with Gasteiger partial charge in [-0.05, 0) is 25.7 Å². The molecule has 0 aromatic rings. The molecule has 4 nitrogen and oxygen atoms in total. The monoisotopic (exact) mass is 252 g/mol. The molecule has 0 spiro atoms. The van der Waals surface area contributed by atoms with Crippen molar-refractivity contribution in [3.8, 4) is 0 Å². The van der Waals surface area contributed by atoms with Crippen molar-refractivity contribution in [1.29, 1.82) is 0 Å². The Morgan fingerprint density at radius 3 is 2.56 bits per heavy atom. The summed E-state index contributed by atoms with van der Waals surface area (Å²) in [5, 5.41) is 2.83. The van der Waals surface area contributed by atoms with Crippen LogP contribution < -0.4 is 5.32 Å². The van der Waals surface area contributed by atoms with Gasteiger partial charge in [-0.15, -0.1) is 0 Å². The number of hydrogen-bond donors (Lipinski definition) is 1. The van der Waals surface area contributed by atoms with Crippen LogP contribution in [-0.4, -0.2) is 35.3 Å². The van der Waals surface area contributed by atoms with Crippen molar-refractivity contribution in [3.63, 3.8) is 0 Å². The molecule has 18 heavy (non-hydrogen) atoms. The molecule has 102 valence electrons. The minimum atomic E-state index is -0.300. The highest BCUT2D eigenvalue weighted by Crippen LogP contribution is 2.30. The smallest absolute Gasteiger partial charge is 0.245 e. The average Bonchev–Trinajstić information content (AvgIpc) is 2.28. The second-order valence-electron chi connectivity index (χ2n) is 5.64. The second kappa shape index (κ2) is 5.72. The van der Waals surface area contributed by atoms with Crippen LogP contribution in [0.4, 0.5) is 0 Å². The Balaban J connectivity index is 1.94. The summed E-state index contributed by atoms with van der Waals surface area (Å²) in [5.41, 5.74) is 0. The molecule has 0 aromatic carbocycles. The summed E-state index contributed by atoms with van der Waals surface area (Å²) in [5.74, 6) is 0.893. The van der Waals surface area contributed by atoms with Gasteiger partial charge in [0.1, 0.15) is 12.1 Å². The SMILES string of the molecule is CCCC1NC(=O)C(C)N(CCC2CCC2)C1=O. The molecule has 1 saturated heterocycles. The van der Waals surface area contributed by atoms with Crippen molar-refractivity contribution >= 4 is 11.8 Å². The Morgan fingerprint density at radius 1 is 1.28 bits per heavy atom. The van der Waals surface area contributed by atoms with Crippen LogP contribution in [-0.2, 0) is 9.59 Å². The summed E-state index contributed by atoms with van der Waals surface area (Å²) < 4.78 is 0. The molecule has 0 radical (unpaired) electrons. The van der Waals surface area contributed by atoms with Gasteiger partial charge in [-0.1, -0.05) is 32.6 Å². The predicted octanol–water partition coefficient (Wildman–Crippen LogP) is 1.69. The van der Waals surface area contributed by atoms with E-state index in [-0.39, 0.29) is 23.9 Å². The minimum absolute atomic E-state index is 0.00154. The van der Waals surface area contributed by atoms with Crippen LogP contribution in [0.1, 0.15) is 52.4 Å². The molecule has 1 saturated carbocycles. The molecule has 2 amide bonds. The van der Waals surface area contributed by atoms with Crippen molar-refractivity contribution in [2.75, 3.05) is 6.54 Å². The molecular formula is C14H24N2O2. The van der Waals surface area contributed by atoms with Gasteiger partial charge in [0.2, 0.25) is 11.8 Å². The van der Waals surface area contributed by atoms with Crippen LogP contribution in [0.25, 0.3) is 0 Å². The standard InChI is InChI=1S/C14H24N2O2/c1-3-5-12-14(18)16(10(2)13(17)15-12)9-8-11-6-4-7-11/h10-12H,3-9H2,1-2H3,(H,15,17). The number of piperazine rings is 1. The first kappa shape index (κ1) is 13.4. The lowest BCUT2D eigenvalue weighted by Crippen LogP contribution is -2.62. The highest BCUT2D eigenvalue weighted by molar-refractivity contribution is 5.96. The molecular weight excluding hydrogens is 228 g/mol. The first-order chi connectivity index (χ1) is 8.63. The van der Waals surface area contributed by atoms with Crippen LogP contribution >= 0.6 is 0 Å².